The van der Waals surface area contributed by atoms with Crippen molar-refractivity contribution < 1.29 is 4.74 Å². The Kier molecular flexibility index (Phi) is 3.53. The number of nitriles is 1. The summed E-state index contributed by atoms with van der Waals surface area (Å²) in [4.78, 5) is 0. The van der Waals surface area contributed by atoms with Crippen LogP contribution in [-0.2, 0) is 0 Å². The van der Waals surface area contributed by atoms with Crippen LogP contribution in [0.3, 0.4) is 0 Å². The van der Waals surface area contributed by atoms with Crippen LogP contribution in [0.15, 0.2) is 18.2 Å². The van der Waals surface area contributed by atoms with E-state index in [1.807, 2.05) is 12.1 Å². The highest BCUT2D eigenvalue weighted by molar-refractivity contribution is 5.61. The van der Waals surface area contributed by atoms with Crippen molar-refractivity contribution in [1.29, 1.82) is 5.26 Å². The number of rotatable bonds is 5. The standard InChI is InChI=1S/C14H18N2O/c1-3-4-10-7-13(10)16-14-8-12(17-2)6-5-11(14)9-15/h5-6,8,10,13,16H,3-4,7H2,1-2H3. The number of nitrogens with zero attached hydrogens (tertiary/aromatic N) is 1. The summed E-state index contributed by atoms with van der Waals surface area (Å²) in [5.41, 5.74) is 1.59. The Morgan fingerprint density at radius 1 is 1.53 bits per heavy atom. The van der Waals surface area contributed by atoms with Crippen LogP contribution in [0, 0.1) is 17.2 Å². The molecule has 1 aliphatic carbocycles. The number of benzene rings is 1. The molecule has 1 fully saturated rings. The molecule has 0 radical (unpaired) electrons. The molecule has 0 spiro atoms. The fraction of sp³-hybridized carbons (Fsp3) is 0.500. The Bertz CT molecular complexity index is 436. The van der Waals surface area contributed by atoms with E-state index in [-0.39, 0.29) is 0 Å². The van der Waals surface area contributed by atoms with E-state index in [9.17, 15) is 0 Å². The van der Waals surface area contributed by atoms with E-state index in [4.69, 9.17) is 10.00 Å². The molecule has 2 unspecified atom stereocenters. The van der Waals surface area contributed by atoms with Crippen molar-refractivity contribution in [3.05, 3.63) is 23.8 Å². The summed E-state index contributed by atoms with van der Waals surface area (Å²) in [5, 5.41) is 12.5. The van der Waals surface area contributed by atoms with Gasteiger partial charge in [0.15, 0.2) is 0 Å². The van der Waals surface area contributed by atoms with Crippen molar-refractivity contribution in [2.45, 2.75) is 32.2 Å². The third-order valence-corrected chi connectivity index (χ3v) is 3.27. The van der Waals surface area contributed by atoms with Crippen molar-refractivity contribution in [3.8, 4) is 11.8 Å². The fourth-order valence-electron chi connectivity index (χ4n) is 2.18. The zero-order valence-corrected chi connectivity index (χ0v) is 10.4. The van der Waals surface area contributed by atoms with Crippen LogP contribution in [0.2, 0.25) is 0 Å². The number of nitrogens with one attached hydrogen (secondary N) is 1. The Morgan fingerprint density at radius 2 is 2.35 bits per heavy atom. The van der Waals surface area contributed by atoms with Crippen LogP contribution in [-0.4, -0.2) is 13.2 Å². The number of hydrogen-bond acceptors (Lipinski definition) is 3. The minimum atomic E-state index is 0.536. The third kappa shape index (κ3) is 2.71. The zero-order valence-electron chi connectivity index (χ0n) is 10.4. The lowest BCUT2D eigenvalue weighted by molar-refractivity contribution is 0.415. The fourth-order valence-corrected chi connectivity index (χ4v) is 2.18. The summed E-state index contributed by atoms with van der Waals surface area (Å²) in [6, 6.07) is 8.27. The van der Waals surface area contributed by atoms with Crippen molar-refractivity contribution in [1.82, 2.24) is 0 Å². The molecule has 2 rings (SSSR count). The van der Waals surface area contributed by atoms with Crippen LogP contribution < -0.4 is 10.1 Å². The van der Waals surface area contributed by atoms with Gasteiger partial charge in [0.25, 0.3) is 0 Å². The van der Waals surface area contributed by atoms with Crippen LogP contribution in [0.5, 0.6) is 5.75 Å². The first kappa shape index (κ1) is 11.8. The molecule has 1 aromatic carbocycles. The summed E-state index contributed by atoms with van der Waals surface area (Å²) in [6.45, 7) is 2.21. The van der Waals surface area contributed by atoms with Crippen LogP contribution >= 0.6 is 0 Å². The third-order valence-electron chi connectivity index (χ3n) is 3.27. The van der Waals surface area contributed by atoms with E-state index in [0.29, 0.717) is 11.6 Å². The molecule has 0 bridgehead atoms. The molecule has 0 aliphatic heterocycles. The van der Waals surface area contributed by atoms with Gasteiger partial charge in [-0.1, -0.05) is 13.3 Å². The molecular weight excluding hydrogens is 212 g/mol. The minimum absolute atomic E-state index is 0.536. The molecule has 1 N–H and O–H groups in total. The van der Waals surface area contributed by atoms with E-state index >= 15 is 0 Å². The molecule has 0 saturated heterocycles. The molecule has 3 nitrogen and oxygen atoms in total. The van der Waals surface area contributed by atoms with Gasteiger partial charge in [-0.15, -0.1) is 0 Å². The molecular formula is C14H18N2O. The summed E-state index contributed by atoms with van der Waals surface area (Å²) in [6.07, 6.45) is 3.71. The summed E-state index contributed by atoms with van der Waals surface area (Å²) < 4.78 is 5.18. The second-order valence-corrected chi connectivity index (χ2v) is 4.56. The molecule has 1 aromatic rings. The van der Waals surface area contributed by atoms with E-state index < -0.39 is 0 Å². The molecule has 1 saturated carbocycles. The first-order chi connectivity index (χ1) is 8.28. The molecule has 0 heterocycles. The summed E-state index contributed by atoms with van der Waals surface area (Å²) >= 11 is 0. The number of hydrogen-bond donors (Lipinski definition) is 1. The van der Waals surface area contributed by atoms with E-state index in [2.05, 4.69) is 18.3 Å². The van der Waals surface area contributed by atoms with Gasteiger partial charge in [0.2, 0.25) is 0 Å². The van der Waals surface area contributed by atoms with Gasteiger partial charge >= 0.3 is 0 Å². The van der Waals surface area contributed by atoms with E-state index in [1.165, 1.54) is 19.3 Å². The second-order valence-electron chi connectivity index (χ2n) is 4.56. The first-order valence-corrected chi connectivity index (χ1v) is 6.13. The Balaban J connectivity index is 2.07. The normalized spacial score (nSPS) is 21.7. The number of methoxy groups -OCH3 is 1. The molecule has 0 aromatic heterocycles. The van der Waals surface area contributed by atoms with Crippen LogP contribution in [0.25, 0.3) is 0 Å². The number of ether oxygens (including phenoxy) is 1. The monoisotopic (exact) mass is 230 g/mol. The lowest BCUT2D eigenvalue weighted by Crippen LogP contribution is -2.06. The highest BCUT2D eigenvalue weighted by Gasteiger charge is 2.36. The van der Waals surface area contributed by atoms with Gasteiger partial charge < -0.3 is 10.1 Å². The predicted octanol–water partition coefficient (Wildman–Crippen LogP) is 3.17. The second kappa shape index (κ2) is 5.09. The molecule has 17 heavy (non-hydrogen) atoms. The smallest absolute Gasteiger partial charge is 0.121 e. The zero-order chi connectivity index (χ0) is 12.3. The SMILES string of the molecule is CCCC1CC1Nc1cc(OC)ccc1C#N. The van der Waals surface area contributed by atoms with Crippen LogP contribution in [0.1, 0.15) is 31.7 Å². The molecule has 0 amide bonds. The molecule has 3 heteroatoms. The van der Waals surface area contributed by atoms with Gasteiger partial charge in [-0.25, -0.2) is 0 Å². The van der Waals surface area contributed by atoms with Gasteiger partial charge in [0.1, 0.15) is 11.8 Å². The van der Waals surface area contributed by atoms with Crippen molar-refractivity contribution in [2.75, 3.05) is 12.4 Å². The quantitative estimate of drug-likeness (QED) is 0.845. The van der Waals surface area contributed by atoms with Gasteiger partial charge in [-0.3, -0.25) is 0 Å². The lowest BCUT2D eigenvalue weighted by Gasteiger charge is -2.09. The lowest BCUT2D eigenvalue weighted by atomic mass is 10.1. The average Bonchev–Trinajstić information content (AvgIpc) is 3.07. The maximum Gasteiger partial charge on any atom is 0.121 e. The van der Waals surface area contributed by atoms with Crippen LogP contribution in [0.4, 0.5) is 5.69 Å². The van der Waals surface area contributed by atoms with Crippen molar-refractivity contribution >= 4 is 5.69 Å². The van der Waals surface area contributed by atoms with Gasteiger partial charge in [-0.05, 0) is 30.9 Å². The van der Waals surface area contributed by atoms with Crippen molar-refractivity contribution in [3.63, 3.8) is 0 Å². The van der Waals surface area contributed by atoms with Gasteiger partial charge in [0, 0.05) is 12.1 Å². The molecule has 90 valence electrons. The molecule has 1 aliphatic rings. The Hall–Kier alpha value is -1.69. The topological polar surface area (TPSA) is 45.0 Å². The van der Waals surface area contributed by atoms with Gasteiger partial charge in [0.05, 0.1) is 18.4 Å². The van der Waals surface area contributed by atoms with Crippen molar-refractivity contribution in [2.24, 2.45) is 5.92 Å². The first-order valence-electron chi connectivity index (χ1n) is 6.13. The summed E-state index contributed by atoms with van der Waals surface area (Å²) in [5.74, 6) is 1.57. The number of anilines is 1. The van der Waals surface area contributed by atoms with E-state index in [0.717, 1.165) is 17.4 Å². The molecule has 2 atom stereocenters. The highest BCUT2D eigenvalue weighted by atomic mass is 16.5. The predicted molar refractivity (Wildman–Crippen MR) is 68.1 cm³/mol. The maximum absolute atomic E-state index is 9.05. The van der Waals surface area contributed by atoms with Gasteiger partial charge in [-0.2, -0.15) is 5.26 Å². The largest absolute Gasteiger partial charge is 0.497 e. The van der Waals surface area contributed by atoms with E-state index in [1.54, 1.807) is 13.2 Å². The highest BCUT2D eigenvalue weighted by Crippen LogP contribution is 2.38. The maximum atomic E-state index is 9.05. The Labute approximate surface area is 102 Å². The average molecular weight is 230 g/mol. The minimum Gasteiger partial charge on any atom is -0.497 e. The summed E-state index contributed by atoms with van der Waals surface area (Å²) in [7, 11) is 1.64. The Morgan fingerprint density at radius 3 is 3.00 bits per heavy atom.